The Morgan fingerprint density at radius 2 is 1.29 bits per heavy atom. The van der Waals surface area contributed by atoms with Crippen molar-refractivity contribution in [3.8, 4) is 0 Å². The van der Waals surface area contributed by atoms with Gasteiger partial charge in [-0.3, -0.25) is 4.79 Å². The SMILES string of the molecule is C.C.C=C(C)C(=O)CC1CC/C=C\CCC1.C=C(C)C(=O)O.NC1CC/C=C\CCC1. The van der Waals surface area contributed by atoms with Crippen molar-refractivity contribution in [2.24, 2.45) is 11.7 Å². The second-order valence-electron chi connectivity index (χ2n) is 8.08. The fraction of sp³-hybridized carbons (Fsp3) is 0.630. The third-order valence-corrected chi connectivity index (χ3v) is 5.02. The molecule has 4 nitrogen and oxygen atoms in total. The maximum absolute atomic E-state index is 11.5. The van der Waals surface area contributed by atoms with Crippen LogP contribution in [0.15, 0.2) is 48.6 Å². The van der Waals surface area contributed by atoms with Crippen LogP contribution in [0, 0.1) is 5.92 Å². The average Bonchev–Trinajstić information content (AvgIpc) is 2.61. The standard InChI is InChI=1S/C13H20O.C8H15N.C4H6O2.2CH4/c1-11(2)13(14)10-12-8-6-4-3-5-7-9-12;9-8-6-4-2-1-3-5-7-8;1-3(2)4(5)6;;/h3-4,12H,1,5-10H2,2H3;1-2,8H,3-7,9H2;1H2,2H3,(H,5,6);2*1H4/b4-3-;2-1-;;;. The van der Waals surface area contributed by atoms with Crippen LogP contribution >= 0.6 is 0 Å². The van der Waals surface area contributed by atoms with E-state index in [0.29, 0.717) is 24.0 Å². The molecule has 0 amide bonds. The molecule has 0 heterocycles. The van der Waals surface area contributed by atoms with Gasteiger partial charge in [0, 0.05) is 18.0 Å². The molecular weight excluding hydrogens is 386 g/mol. The molecule has 2 atom stereocenters. The van der Waals surface area contributed by atoms with Gasteiger partial charge in [0.15, 0.2) is 5.78 Å². The van der Waals surface area contributed by atoms with Gasteiger partial charge in [0.1, 0.15) is 0 Å². The number of hydrogen-bond acceptors (Lipinski definition) is 3. The first kappa shape index (κ1) is 33.7. The van der Waals surface area contributed by atoms with E-state index in [2.05, 4.69) is 37.5 Å². The van der Waals surface area contributed by atoms with Crippen molar-refractivity contribution >= 4 is 11.8 Å². The summed E-state index contributed by atoms with van der Waals surface area (Å²) in [5.74, 6) is -0.0984. The summed E-state index contributed by atoms with van der Waals surface area (Å²) in [6.45, 7) is 10.1. The summed E-state index contributed by atoms with van der Waals surface area (Å²) in [7, 11) is 0. The molecule has 0 bridgehead atoms. The van der Waals surface area contributed by atoms with E-state index in [4.69, 9.17) is 10.8 Å². The van der Waals surface area contributed by atoms with Crippen LogP contribution < -0.4 is 5.73 Å². The molecule has 0 radical (unpaired) electrons. The number of allylic oxidation sites excluding steroid dienone is 5. The lowest BCUT2D eigenvalue weighted by Crippen LogP contribution is -2.19. The lowest BCUT2D eigenvalue weighted by Gasteiger charge is -2.16. The molecule has 31 heavy (non-hydrogen) atoms. The molecule has 3 N–H and O–H groups in total. The van der Waals surface area contributed by atoms with Crippen LogP contribution in [0.5, 0.6) is 0 Å². The zero-order valence-electron chi connectivity index (χ0n) is 18.5. The van der Waals surface area contributed by atoms with Crippen LogP contribution in [0.1, 0.15) is 99.3 Å². The molecule has 0 saturated heterocycles. The van der Waals surface area contributed by atoms with Crippen LogP contribution in [-0.4, -0.2) is 22.9 Å². The Morgan fingerprint density at radius 3 is 1.77 bits per heavy atom. The Bertz CT molecular complexity index is 563. The first-order valence-corrected chi connectivity index (χ1v) is 10.9. The number of rotatable bonds is 4. The van der Waals surface area contributed by atoms with Crippen LogP contribution in [0.25, 0.3) is 0 Å². The molecule has 0 spiro atoms. The molecule has 2 aliphatic carbocycles. The molecule has 0 aromatic rings. The van der Waals surface area contributed by atoms with E-state index in [1.807, 2.05) is 6.92 Å². The number of Topliss-reactive ketones (excluding diaryl/α,β-unsaturated/α-hetero) is 1. The highest BCUT2D eigenvalue weighted by atomic mass is 16.4. The third kappa shape index (κ3) is 21.1. The molecule has 2 unspecified atom stereocenters. The minimum absolute atomic E-state index is 0. The predicted molar refractivity (Wildman–Crippen MR) is 136 cm³/mol. The summed E-state index contributed by atoms with van der Waals surface area (Å²) in [5, 5.41) is 7.89. The molecule has 180 valence electrons. The lowest BCUT2D eigenvalue weighted by atomic mass is 9.89. The van der Waals surface area contributed by atoms with Gasteiger partial charge in [-0.2, -0.15) is 0 Å². The minimum atomic E-state index is -0.935. The average molecular weight is 436 g/mol. The number of aliphatic carboxylic acids is 1. The van der Waals surface area contributed by atoms with Crippen molar-refractivity contribution in [3.05, 3.63) is 48.6 Å². The molecular formula is C27H49NO3. The van der Waals surface area contributed by atoms with Gasteiger partial charge in [-0.05, 0) is 89.5 Å². The zero-order valence-corrected chi connectivity index (χ0v) is 18.5. The highest BCUT2D eigenvalue weighted by Crippen LogP contribution is 2.23. The Balaban J connectivity index is -0.000000401. The number of carboxylic acids is 1. The van der Waals surface area contributed by atoms with Crippen molar-refractivity contribution in [1.82, 2.24) is 0 Å². The van der Waals surface area contributed by atoms with E-state index >= 15 is 0 Å². The van der Waals surface area contributed by atoms with Gasteiger partial charge in [0.2, 0.25) is 0 Å². The molecule has 0 fully saturated rings. The molecule has 0 aromatic carbocycles. The van der Waals surface area contributed by atoms with Crippen LogP contribution in [0.4, 0.5) is 0 Å². The number of carbonyl (C=O) groups excluding carboxylic acids is 1. The van der Waals surface area contributed by atoms with E-state index in [0.717, 1.165) is 12.8 Å². The lowest BCUT2D eigenvalue weighted by molar-refractivity contribution is -0.132. The van der Waals surface area contributed by atoms with Gasteiger partial charge < -0.3 is 10.8 Å². The molecule has 0 aliphatic heterocycles. The Kier molecular flexibility index (Phi) is 23.1. The fourth-order valence-electron chi connectivity index (χ4n) is 3.07. The summed E-state index contributed by atoms with van der Waals surface area (Å²) < 4.78 is 0. The highest BCUT2D eigenvalue weighted by Gasteiger charge is 2.14. The topological polar surface area (TPSA) is 80.4 Å². The summed E-state index contributed by atoms with van der Waals surface area (Å²) in [6.07, 6.45) is 21.7. The Morgan fingerprint density at radius 1 is 0.839 bits per heavy atom. The fourth-order valence-corrected chi connectivity index (χ4v) is 3.07. The van der Waals surface area contributed by atoms with Gasteiger partial charge in [-0.15, -0.1) is 0 Å². The number of ketones is 1. The van der Waals surface area contributed by atoms with E-state index in [1.54, 1.807) is 0 Å². The number of carbonyl (C=O) groups is 2. The van der Waals surface area contributed by atoms with Gasteiger partial charge in [-0.1, -0.05) is 52.3 Å². The summed E-state index contributed by atoms with van der Waals surface area (Å²) in [5.41, 5.74) is 6.66. The molecule has 4 heteroatoms. The van der Waals surface area contributed by atoms with E-state index in [-0.39, 0.29) is 26.2 Å². The second-order valence-corrected chi connectivity index (χ2v) is 8.08. The minimum Gasteiger partial charge on any atom is -0.478 e. The maximum Gasteiger partial charge on any atom is 0.330 e. The predicted octanol–water partition coefficient (Wildman–Crippen LogP) is 7.41. The van der Waals surface area contributed by atoms with Crippen molar-refractivity contribution < 1.29 is 14.7 Å². The quantitative estimate of drug-likeness (QED) is 0.356. The Hall–Kier alpha value is -1.94. The number of carboxylic acid groups (broad SMARTS) is 1. The van der Waals surface area contributed by atoms with E-state index in [1.165, 1.54) is 58.3 Å². The number of hydrogen-bond donors (Lipinski definition) is 2. The smallest absolute Gasteiger partial charge is 0.330 e. The summed E-state index contributed by atoms with van der Waals surface area (Å²) in [6, 6.07) is 0.468. The van der Waals surface area contributed by atoms with Crippen molar-refractivity contribution in [2.45, 2.75) is 105 Å². The molecule has 2 rings (SSSR count). The van der Waals surface area contributed by atoms with Crippen LogP contribution in [0.2, 0.25) is 0 Å². The van der Waals surface area contributed by atoms with Crippen LogP contribution in [-0.2, 0) is 9.59 Å². The van der Waals surface area contributed by atoms with Gasteiger partial charge >= 0.3 is 5.97 Å². The van der Waals surface area contributed by atoms with E-state index < -0.39 is 5.97 Å². The van der Waals surface area contributed by atoms with Gasteiger partial charge in [-0.25, -0.2) is 4.79 Å². The first-order chi connectivity index (χ1) is 13.7. The van der Waals surface area contributed by atoms with Crippen molar-refractivity contribution in [2.75, 3.05) is 0 Å². The highest BCUT2D eigenvalue weighted by molar-refractivity contribution is 5.94. The second kappa shape index (κ2) is 21.3. The molecule has 0 aromatic heterocycles. The van der Waals surface area contributed by atoms with Gasteiger partial charge in [0.25, 0.3) is 0 Å². The largest absolute Gasteiger partial charge is 0.478 e. The monoisotopic (exact) mass is 435 g/mol. The third-order valence-electron chi connectivity index (χ3n) is 5.02. The van der Waals surface area contributed by atoms with Crippen molar-refractivity contribution in [3.63, 3.8) is 0 Å². The molecule has 2 aliphatic rings. The van der Waals surface area contributed by atoms with E-state index in [9.17, 15) is 9.59 Å². The normalized spacial score (nSPS) is 22.2. The Labute approximate surface area is 192 Å². The maximum atomic E-state index is 11.5. The van der Waals surface area contributed by atoms with Gasteiger partial charge in [0.05, 0.1) is 0 Å². The molecule has 0 saturated carbocycles. The van der Waals surface area contributed by atoms with Crippen LogP contribution in [0.3, 0.4) is 0 Å². The number of nitrogens with two attached hydrogens (primary N) is 1. The zero-order chi connectivity index (χ0) is 22.1. The first-order valence-electron chi connectivity index (χ1n) is 10.9. The van der Waals surface area contributed by atoms with Crippen molar-refractivity contribution in [1.29, 1.82) is 0 Å². The summed E-state index contributed by atoms with van der Waals surface area (Å²) >= 11 is 0. The summed E-state index contributed by atoms with van der Waals surface area (Å²) in [4.78, 5) is 21.1.